The maximum atomic E-state index is 13.2. The molecule has 3 nitrogen and oxygen atoms in total. The van der Waals surface area contributed by atoms with Gasteiger partial charge in [0.15, 0.2) is 5.82 Å². The number of hydrogen-bond donors (Lipinski definition) is 1. The minimum absolute atomic E-state index is 0.117. The first-order valence-electron chi connectivity index (χ1n) is 4.90. The molecule has 0 bridgehead atoms. The van der Waals surface area contributed by atoms with Gasteiger partial charge in [-0.25, -0.2) is 8.78 Å². The van der Waals surface area contributed by atoms with Crippen molar-refractivity contribution < 1.29 is 8.78 Å². The molecule has 86 valence electrons. The van der Waals surface area contributed by atoms with Crippen molar-refractivity contribution in [1.82, 2.24) is 4.98 Å². The molecule has 1 N–H and O–H groups in total. The summed E-state index contributed by atoms with van der Waals surface area (Å²) in [6.07, 6.45) is 4.76. The molecule has 0 aliphatic heterocycles. The van der Waals surface area contributed by atoms with Gasteiger partial charge < -0.3 is 0 Å². The Morgan fingerprint density at radius 3 is 2.82 bits per heavy atom. The van der Waals surface area contributed by atoms with Crippen LogP contribution in [0.25, 0.3) is 0 Å². The molecule has 0 unspecified atom stereocenters. The summed E-state index contributed by atoms with van der Waals surface area (Å²) in [5, 5.41) is 3.82. The Bertz CT molecular complexity index is 527. The number of rotatable bonds is 3. The predicted octanol–water partition coefficient (Wildman–Crippen LogP) is 2.81. The fourth-order valence-corrected chi connectivity index (χ4v) is 1.21. The van der Waals surface area contributed by atoms with Gasteiger partial charge in [0.2, 0.25) is 0 Å². The Morgan fingerprint density at radius 1 is 1.24 bits per heavy atom. The van der Waals surface area contributed by atoms with E-state index in [1.165, 1.54) is 12.3 Å². The zero-order valence-corrected chi connectivity index (χ0v) is 8.77. The summed E-state index contributed by atoms with van der Waals surface area (Å²) in [5.41, 5.74) is 3.39. The quantitative estimate of drug-likeness (QED) is 0.653. The molecule has 1 aromatic heterocycles. The van der Waals surface area contributed by atoms with E-state index in [4.69, 9.17) is 0 Å². The highest BCUT2D eigenvalue weighted by molar-refractivity contribution is 5.79. The molecule has 17 heavy (non-hydrogen) atoms. The lowest BCUT2D eigenvalue weighted by atomic mass is 10.3. The van der Waals surface area contributed by atoms with E-state index in [0.29, 0.717) is 0 Å². The topological polar surface area (TPSA) is 37.3 Å². The van der Waals surface area contributed by atoms with Gasteiger partial charge in [0.05, 0.1) is 11.9 Å². The highest BCUT2D eigenvalue weighted by atomic mass is 19.1. The first kappa shape index (κ1) is 11.2. The Balaban J connectivity index is 2.05. The Morgan fingerprint density at radius 2 is 2.12 bits per heavy atom. The minimum atomic E-state index is -0.687. The number of halogens is 2. The molecule has 2 rings (SSSR count). The molecule has 0 saturated heterocycles. The molecule has 0 amide bonds. The van der Waals surface area contributed by atoms with Crippen LogP contribution in [0.15, 0.2) is 47.8 Å². The maximum absolute atomic E-state index is 13.2. The molecule has 0 spiro atoms. The average Bonchev–Trinajstić information content (AvgIpc) is 2.33. The van der Waals surface area contributed by atoms with Crippen molar-refractivity contribution in [3.05, 3.63) is 59.9 Å². The van der Waals surface area contributed by atoms with E-state index in [1.807, 2.05) is 0 Å². The third-order valence-corrected chi connectivity index (χ3v) is 2.01. The summed E-state index contributed by atoms with van der Waals surface area (Å²) in [6, 6.07) is 6.80. The number of aromatic nitrogens is 1. The molecular weight excluding hydrogens is 224 g/mol. The van der Waals surface area contributed by atoms with Gasteiger partial charge in [0.25, 0.3) is 0 Å². The van der Waals surface area contributed by atoms with Crippen molar-refractivity contribution in [2.75, 3.05) is 5.43 Å². The first-order valence-corrected chi connectivity index (χ1v) is 4.90. The molecule has 0 atom stereocenters. The van der Waals surface area contributed by atoms with E-state index in [2.05, 4.69) is 15.5 Å². The van der Waals surface area contributed by atoms with Gasteiger partial charge in [-0.2, -0.15) is 5.10 Å². The van der Waals surface area contributed by atoms with Crippen LogP contribution in [0.1, 0.15) is 5.56 Å². The largest absolute Gasteiger partial charge is 0.276 e. The zero-order valence-electron chi connectivity index (χ0n) is 8.77. The van der Waals surface area contributed by atoms with Crippen molar-refractivity contribution in [3.63, 3.8) is 0 Å². The van der Waals surface area contributed by atoms with Gasteiger partial charge in [-0.3, -0.25) is 10.4 Å². The van der Waals surface area contributed by atoms with E-state index in [-0.39, 0.29) is 5.69 Å². The van der Waals surface area contributed by atoms with Gasteiger partial charge in [0, 0.05) is 24.0 Å². The van der Waals surface area contributed by atoms with Crippen LogP contribution in [0.3, 0.4) is 0 Å². The number of pyridine rings is 1. The van der Waals surface area contributed by atoms with E-state index in [9.17, 15) is 8.78 Å². The minimum Gasteiger partial charge on any atom is -0.276 e. The lowest BCUT2D eigenvalue weighted by molar-refractivity contribution is 0.585. The summed E-state index contributed by atoms with van der Waals surface area (Å²) >= 11 is 0. The first-order chi connectivity index (χ1) is 8.25. The Labute approximate surface area is 96.8 Å². The van der Waals surface area contributed by atoms with Crippen LogP contribution in [0.2, 0.25) is 0 Å². The fourth-order valence-electron chi connectivity index (χ4n) is 1.21. The summed E-state index contributed by atoms with van der Waals surface area (Å²) < 4.78 is 25.8. The smallest absolute Gasteiger partial charge is 0.151 e. The average molecular weight is 233 g/mol. The molecule has 1 aromatic carbocycles. The van der Waals surface area contributed by atoms with E-state index in [1.54, 1.807) is 24.5 Å². The molecule has 0 fully saturated rings. The molecule has 0 aliphatic carbocycles. The van der Waals surface area contributed by atoms with Crippen LogP contribution in [-0.4, -0.2) is 11.2 Å². The monoisotopic (exact) mass is 233 g/mol. The zero-order chi connectivity index (χ0) is 12.1. The lowest BCUT2D eigenvalue weighted by Crippen LogP contribution is -1.94. The second-order valence-electron chi connectivity index (χ2n) is 3.28. The number of hydrogen-bond acceptors (Lipinski definition) is 3. The van der Waals surface area contributed by atoms with Gasteiger partial charge >= 0.3 is 0 Å². The molecular formula is C12H9F2N3. The SMILES string of the molecule is Fc1ccc(N/N=C\c2cccnc2)c(F)c1. The summed E-state index contributed by atoms with van der Waals surface area (Å²) in [5.74, 6) is -1.31. The number of nitrogens with zero attached hydrogens (tertiary/aromatic N) is 2. The molecule has 1 heterocycles. The third-order valence-electron chi connectivity index (χ3n) is 2.01. The van der Waals surface area contributed by atoms with Crippen LogP contribution in [0, 0.1) is 11.6 Å². The number of anilines is 1. The van der Waals surface area contributed by atoms with Crippen LogP contribution < -0.4 is 5.43 Å². The third kappa shape index (κ3) is 3.07. The fraction of sp³-hybridized carbons (Fsp3) is 0. The predicted molar refractivity (Wildman–Crippen MR) is 61.8 cm³/mol. The summed E-state index contributed by atoms with van der Waals surface area (Å²) in [6.45, 7) is 0. The van der Waals surface area contributed by atoms with Crippen molar-refractivity contribution in [1.29, 1.82) is 0 Å². The van der Waals surface area contributed by atoms with Crippen molar-refractivity contribution in [2.24, 2.45) is 5.10 Å². The van der Waals surface area contributed by atoms with Gasteiger partial charge in [-0.15, -0.1) is 0 Å². The van der Waals surface area contributed by atoms with Gasteiger partial charge in [0.1, 0.15) is 5.82 Å². The standard InChI is InChI=1S/C12H9F2N3/c13-10-3-4-12(11(14)6-10)17-16-8-9-2-1-5-15-7-9/h1-8,17H/b16-8-. The highest BCUT2D eigenvalue weighted by Crippen LogP contribution is 2.14. The van der Waals surface area contributed by atoms with E-state index < -0.39 is 11.6 Å². The van der Waals surface area contributed by atoms with E-state index in [0.717, 1.165) is 17.7 Å². The molecule has 2 aromatic rings. The van der Waals surface area contributed by atoms with Gasteiger partial charge in [-0.05, 0) is 18.2 Å². The van der Waals surface area contributed by atoms with Crippen molar-refractivity contribution >= 4 is 11.9 Å². The molecule has 0 saturated carbocycles. The van der Waals surface area contributed by atoms with Crippen molar-refractivity contribution in [2.45, 2.75) is 0 Å². The van der Waals surface area contributed by atoms with E-state index >= 15 is 0 Å². The number of nitrogens with one attached hydrogen (secondary N) is 1. The van der Waals surface area contributed by atoms with Crippen LogP contribution in [0.5, 0.6) is 0 Å². The molecule has 0 aliphatic rings. The highest BCUT2D eigenvalue weighted by Gasteiger charge is 2.01. The van der Waals surface area contributed by atoms with Gasteiger partial charge in [-0.1, -0.05) is 6.07 Å². The Kier molecular flexibility index (Phi) is 3.40. The maximum Gasteiger partial charge on any atom is 0.151 e. The Hall–Kier alpha value is -2.30. The summed E-state index contributed by atoms with van der Waals surface area (Å²) in [7, 11) is 0. The lowest BCUT2D eigenvalue weighted by Gasteiger charge is -2.01. The van der Waals surface area contributed by atoms with Crippen LogP contribution in [0.4, 0.5) is 14.5 Å². The summed E-state index contributed by atoms with van der Waals surface area (Å²) in [4.78, 5) is 3.90. The number of hydrazone groups is 1. The number of benzene rings is 1. The second kappa shape index (κ2) is 5.16. The normalized spacial score (nSPS) is 10.7. The molecule has 0 radical (unpaired) electrons. The van der Waals surface area contributed by atoms with Crippen LogP contribution >= 0.6 is 0 Å². The second-order valence-corrected chi connectivity index (χ2v) is 3.28. The van der Waals surface area contributed by atoms with Crippen molar-refractivity contribution in [3.8, 4) is 0 Å². The van der Waals surface area contributed by atoms with Crippen LogP contribution in [-0.2, 0) is 0 Å². The molecule has 5 heteroatoms.